The summed E-state index contributed by atoms with van der Waals surface area (Å²) < 4.78 is 74.4. The van der Waals surface area contributed by atoms with Crippen LogP contribution in [-0.2, 0) is 0 Å². The Labute approximate surface area is 110 Å². The molecule has 0 bridgehead atoms. The minimum atomic E-state index is -2.24. The van der Waals surface area contributed by atoms with Gasteiger partial charge < -0.3 is 9.47 Å². The lowest BCUT2D eigenvalue weighted by Crippen LogP contribution is -2.11. The fourth-order valence-electron chi connectivity index (χ4n) is 1.38. The Bertz CT molecular complexity index is 587. The van der Waals surface area contributed by atoms with Crippen LogP contribution < -0.4 is 9.47 Å². The fraction of sp³-hybridized carbons (Fsp3) is 0.0769. The first-order valence-electron chi connectivity index (χ1n) is 5.34. The molecule has 0 aromatic heterocycles. The van der Waals surface area contributed by atoms with Crippen molar-refractivity contribution in [2.24, 2.45) is 0 Å². The minimum absolute atomic E-state index is 0.316. The zero-order valence-electron chi connectivity index (χ0n) is 9.80. The van der Waals surface area contributed by atoms with Crippen molar-refractivity contribution in [3.05, 3.63) is 59.4 Å². The number of benzene rings is 2. The highest BCUT2D eigenvalue weighted by atomic mass is 19.2. The first-order valence-corrected chi connectivity index (χ1v) is 5.34. The predicted octanol–water partition coefficient (Wildman–Crippen LogP) is 3.80. The summed E-state index contributed by atoms with van der Waals surface area (Å²) in [6.45, 7) is -0.706. The van der Waals surface area contributed by atoms with Crippen LogP contribution in [0.4, 0.5) is 22.0 Å². The first-order chi connectivity index (χ1) is 9.52. The van der Waals surface area contributed by atoms with Crippen LogP contribution in [0.25, 0.3) is 0 Å². The van der Waals surface area contributed by atoms with Crippen molar-refractivity contribution in [1.29, 1.82) is 0 Å². The van der Waals surface area contributed by atoms with Gasteiger partial charge in [-0.1, -0.05) is 18.2 Å². The van der Waals surface area contributed by atoms with E-state index in [4.69, 9.17) is 4.74 Å². The normalized spacial score (nSPS) is 10.4. The fourth-order valence-corrected chi connectivity index (χ4v) is 1.38. The molecule has 2 aromatic rings. The molecule has 2 aromatic carbocycles. The standard InChI is InChI=1S/C13H7F5O2/c14-8-9(15)11(17)13(12(18)10(8)16)20-6-19-7-4-2-1-3-5-7/h1-5H,6H2. The van der Waals surface area contributed by atoms with Gasteiger partial charge in [0.2, 0.25) is 41.6 Å². The summed E-state index contributed by atoms with van der Waals surface area (Å²) in [5.41, 5.74) is 0. The molecule has 106 valence electrons. The maximum atomic E-state index is 13.2. The van der Waals surface area contributed by atoms with Crippen molar-refractivity contribution in [3.8, 4) is 11.5 Å². The Balaban J connectivity index is 2.14. The molecular formula is C13H7F5O2. The van der Waals surface area contributed by atoms with Crippen molar-refractivity contribution in [2.45, 2.75) is 0 Å². The lowest BCUT2D eigenvalue weighted by molar-refractivity contribution is 0.107. The molecule has 0 aliphatic heterocycles. The predicted molar refractivity (Wildman–Crippen MR) is 58.8 cm³/mol. The molecule has 0 heterocycles. The van der Waals surface area contributed by atoms with Crippen LogP contribution in [0.2, 0.25) is 0 Å². The van der Waals surface area contributed by atoms with Gasteiger partial charge in [0.1, 0.15) is 5.75 Å². The molecule has 20 heavy (non-hydrogen) atoms. The van der Waals surface area contributed by atoms with E-state index in [2.05, 4.69) is 4.74 Å². The molecule has 0 unspecified atom stereocenters. The van der Waals surface area contributed by atoms with Crippen molar-refractivity contribution in [3.63, 3.8) is 0 Å². The third-order valence-corrected chi connectivity index (χ3v) is 2.34. The molecule has 0 aliphatic carbocycles. The number of para-hydroxylation sites is 1. The minimum Gasteiger partial charge on any atom is -0.457 e. The Hall–Kier alpha value is -2.31. The van der Waals surface area contributed by atoms with Crippen LogP contribution in [0.3, 0.4) is 0 Å². The molecule has 0 spiro atoms. The second-order valence-electron chi connectivity index (χ2n) is 3.62. The van der Waals surface area contributed by atoms with Gasteiger partial charge in [-0.05, 0) is 12.1 Å². The Morgan fingerprint density at radius 2 is 1.15 bits per heavy atom. The van der Waals surface area contributed by atoms with Gasteiger partial charge in [0, 0.05) is 0 Å². The third kappa shape index (κ3) is 2.66. The summed E-state index contributed by atoms with van der Waals surface area (Å²) in [6, 6.07) is 8.03. The summed E-state index contributed by atoms with van der Waals surface area (Å²) in [4.78, 5) is 0. The summed E-state index contributed by atoms with van der Waals surface area (Å²) in [7, 11) is 0. The Kier molecular flexibility index (Phi) is 4.07. The average molecular weight is 290 g/mol. The Morgan fingerprint density at radius 1 is 0.650 bits per heavy atom. The van der Waals surface area contributed by atoms with E-state index in [9.17, 15) is 22.0 Å². The van der Waals surface area contributed by atoms with E-state index in [0.29, 0.717) is 5.75 Å². The zero-order chi connectivity index (χ0) is 14.7. The average Bonchev–Trinajstić information content (AvgIpc) is 2.48. The van der Waals surface area contributed by atoms with Gasteiger partial charge in [0.05, 0.1) is 0 Å². The van der Waals surface area contributed by atoms with E-state index in [0.717, 1.165) is 0 Å². The molecule has 7 heteroatoms. The Morgan fingerprint density at radius 3 is 1.70 bits per heavy atom. The highest BCUT2D eigenvalue weighted by Crippen LogP contribution is 2.29. The van der Waals surface area contributed by atoms with Gasteiger partial charge in [-0.3, -0.25) is 0 Å². The summed E-state index contributed by atoms with van der Waals surface area (Å²) in [5, 5.41) is 0. The zero-order valence-corrected chi connectivity index (χ0v) is 9.80. The van der Waals surface area contributed by atoms with E-state index >= 15 is 0 Å². The monoisotopic (exact) mass is 290 g/mol. The van der Waals surface area contributed by atoms with Crippen LogP contribution in [0.1, 0.15) is 0 Å². The summed E-state index contributed by atoms with van der Waals surface area (Å²) >= 11 is 0. The van der Waals surface area contributed by atoms with Gasteiger partial charge in [-0.25, -0.2) is 13.2 Å². The lowest BCUT2D eigenvalue weighted by atomic mass is 10.3. The molecule has 0 radical (unpaired) electrons. The summed E-state index contributed by atoms with van der Waals surface area (Å²) in [6.07, 6.45) is 0. The maximum absolute atomic E-state index is 13.2. The van der Waals surface area contributed by atoms with Crippen LogP contribution in [0.5, 0.6) is 11.5 Å². The van der Waals surface area contributed by atoms with Crippen LogP contribution >= 0.6 is 0 Å². The molecule has 0 saturated carbocycles. The molecule has 2 rings (SSSR count). The van der Waals surface area contributed by atoms with Crippen molar-refractivity contribution in [2.75, 3.05) is 6.79 Å². The van der Waals surface area contributed by atoms with Gasteiger partial charge in [-0.2, -0.15) is 8.78 Å². The van der Waals surface area contributed by atoms with Crippen molar-refractivity contribution in [1.82, 2.24) is 0 Å². The van der Waals surface area contributed by atoms with Crippen LogP contribution in [0, 0.1) is 29.1 Å². The second kappa shape index (κ2) is 5.77. The largest absolute Gasteiger partial charge is 0.457 e. The van der Waals surface area contributed by atoms with Gasteiger partial charge in [0.15, 0.2) is 0 Å². The number of ether oxygens (including phenoxy) is 2. The van der Waals surface area contributed by atoms with Crippen LogP contribution in [-0.4, -0.2) is 6.79 Å². The van der Waals surface area contributed by atoms with Crippen LogP contribution in [0.15, 0.2) is 30.3 Å². The van der Waals surface area contributed by atoms with E-state index in [1.807, 2.05) is 0 Å². The molecule has 0 atom stereocenters. The van der Waals surface area contributed by atoms with Gasteiger partial charge in [0.25, 0.3) is 0 Å². The van der Waals surface area contributed by atoms with E-state index < -0.39 is 41.6 Å². The van der Waals surface area contributed by atoms with E-state index in [-0.39, 0.29) is 0 Å². The quantitative estimate of drug-likeness (QED) is 0.369. The highest BCUT2D eigenvalue weighted by Gasteiger charge is 2.27. The second-order valence-corrected chi connectivity index (χ2v) is 3.62. The third-order valence-electron chi connectivity index (χ3n) is 2.34. The van der Waals surface area contributed by atoms with E-state index in [1.165, 1.54) is 12.1 Å². The van der Waals surface area contributed by atoms with Crippen molar-refractivity contribution >= 4 is 0 Å². The van der Waals surface area contributed by atoms with Gasteiger partial charge >= 0.3 is 0 Å². The molecular weight excluding hydrogens is 283 g/mol. The number of hydrogen-bond donors (Lipinski definition) is 0. The maximum Gasteiger partial charge on any atom is 0.231 e. The number of halogens is 5. The molecule has 0 saturated heterocycles. The van der Waals surface area contributed by atoms with Crippen molar-refractivity contribution < 1.29 is 31.4 Å². The number of rotatable bonds is 4. The number of hydrogen-bond acceptors (Lipinski definition) is 2. The molecule has 0 aliphatic rings. The summed E-state index contributed by atoms with van der Waals surface area (Å²) in [5.74, 6) is -11.5. The SMILES string of the molecule is Fc1c(F)c(F)c(OCOc2ccccc2)c(F)c1F. The highest BCUT2D eigenvalue weighted by molar-refractivity contribution is 5.29. The topological polar surface area (TPSA) is 18.5 Å². The molecule has 0 N–H and O–H groups in total. The molecule has 0 fully saturated rings. The molecule has 0 amide bonds. The lowest BCUT2D eigenvalue weighted by Gasteiger charge is -2.11. The first kappa shape index (κ1) is 14.1. The van der Waals surface area contributed by atoms with E-state index in [1.54, 1.807) is 18.2 Å². The smallest absolute Gasteiger partial charge is 0.231 e. The molecule has 2 nitrogen and oxygen atoms in total. The van der Waals surface area contributed by atoms with Gasteiger partial charge in [-0.15, -0.1) is 0 Å².